The molecular formula is C12H16N2O3. The second kappa shape index (κ2) is 6.12. The number of nitrogens with one attached hydrogen (secondary N) is 2. The summed E-state index contributed by atoms with van der Waals surface area (Å²) < 4.78 is 10.2. The van der Waals surface area contributed by atoms with Crippen LogP contribution < -0.4 is 0 Å². The number of aromatic amines is 1. The number of aldehydes is 1. The molecule has 0 spiro atoms. The topological polar surface area (TPSA) is 75.2 Å². The lowest BCUT2D eigenvalue weighted by Gasteiger charge is -2.10. The molecule has 0 aliphatic rings. The van der Waals surface area contributed by atoms with E-state index in [1.165, 1.54) is 20.4 Å². The number of hydrogen-bond acceptors (Lipinski definition) is 4. The van der Waals surface area contributed by atoms with Crippen molar-refractivity contribution < 1.29 is 14.3 Å². The number of H-pyrrole nitrogens is 1. The number of aromatic nitrogens is 1. The predicted molar refractivity (Wildman–Crippen MR) is 65.2 cm³/mol. The van der Waals surface area contributed by atoms with Gasteiger partial charge in [-0.3, -0.25) is 4.79 Å². The van der Waals surface area contributed by atoms with Gasteiger partial charge in [-0.2, -0.15) is 0 Å². The summed E-state index contributed by atoms with van der Waals surface area (Å²) in [7, 11) is 3.07. The van der Waals surface area contributed by atoms with Crippen LogP contribution in [-0.4, -0.2) is 31.7 Å². The lowest BCUT2D eigenvalue weighted by Crippen LogP contribution is -2.03. The molecule has 0 unspecified atom stereocenters. The van der Waals surface area contributed by atoms with Crippen molar-refractivity contribution >= 4 is 18.6 Å². The van der Waals surface area contributed by atoms with Gasteiger partial charge in [0.2, 0.25) is 0 Å². The molecule has 0 aliphatic heterocycles. The van der Waals surface area contributed by atoms with E-state index in [1.807, 2.05) is 0 Å². The predicted octanol–water partition coefficient (Wildman–Crippen LogP) is 1.91. The van der Waals surface area contributed by atoms with E-state index in [4.69, 9.17) is 14.9 Å². The van der Waals surface area contributed by atoms with E-state index in [-0.39, 0.29) is 0 Å². The molecular weight excluding hydrogens is 220 g/mol. The fraction of sp³-hybridized carbons (Fsp3) is 0.333. The molecule has 17 heavy (non-hydrogen) atoms. The van der Waals surface area contributed by atoms with E-state index in [2.05, 4.69) is 4.98 Å². The molecule has 0 saturated carbocycles. The Morgan fingerprint density at radius 1 is 1.47 bits per heavy atom. The third kappa shape index (κ3) is 3.12. The van der Waals surface area contributed by atoms with Gasteiger partial charge < -0.3 is 19.9 Å². The molecule has 5 heteroatoms. The second-order valence-electron chi connectivity index (χ2n) is 3.55. The van der Waals surface area contributed by atoms with Gasteiger partial charge >= 0.3 is 0 Å². The number of ether oxygens (including phenoxy) is 2. The quantitative estimate of drug-likeness (QED) is 0.343. The van der Waals surface area contributed by atoms with Gasteiger partial charge in [-0.1, -0.05) is 0 Å². The lowest BCUT2D eigenvalue weighted by atomic mass is 10.2. The number of rotatable bonds is 6. The number of carbonyl (C=O) groups excluding carboxylic acids is 1. The highest BCUT2D eigenvalue weighted by molar-refractivity contribution is 5.87. The maximum Gasteiger partial charge on any atom is 0.198 e. The van der Waals surface area contributed by atoms with Crippen molar-refractivity contribution in [3.63, 3.8) is 0 Å². The Bertz CT molecular complexity index is 431. The van der Waals surface area contributed by atoms with Gasteiger partial charge in [-0.15, -0.1) is 0 Å². The van der Waals surface area contributed by atoms with E-state index >= 15 is 0 Å². The van der Waals surface area contributed by atoms with Crippen LogP contribution in [0.2, 0.25) is 0 Å². The Hall–Kier alpha value is -1.72. The van der Waals surface area contributed by atoms with E-state index in [9.17, 15) is 4.79 Å². The van der Waals surface area contributed by atoms with Crippen LogP contribution in [0.15, 0.2) is 11.6 Å². The van der Waals surface area contributed by atoms with Crippen molar-refractivity contribution in [2.75, 3.05) is 14.2 Å². The maximum atomic E-state index is 10.6. The molecule has 0 bridgehead atoms. The zero-order chi connectivity index (χ0) is 12.8. The SMILES string of the molecule is COC(OC)c1cc(C=N)c(/C=C(\C)C=O)[nH]1. The van der Waals surface area contributed by atoms with E-state index in [0.29, 0.717) is 22.5 Å². The van der Waals surface area contributed by atoms with Gasteiger partial charge in [0, 0.05) is 31.7 Å². The molecule has 1 aromatic rings. The second-order valence-corrected chi connectivity index (χ2v) is 3.55. The standard InChI is InChI=1S/C12H16N2O3/c1-8(7-15)4-10-9(6-13)5-11(14-10)12(16-2)17-3/h4-7,12-14H,1-3H3/b8-4+,13-6?. The normalized spacial score (nSPS) is 11.9. The zero-order valence-corrected chi connectivity index (χ0v) is 10.1. The first-order valence-electron chi connectivity index (χ1n) is 5.08. The van der Waals surface area contributed by atoms with Crippen LogP contribution in [0.5, 0.6) is 0 Å². The Morgan fingerprint density at radius 2 is 2.12 bits per heavy atom. The van der Waals surface area contributed by atoms with Gasteiger partial charge in [0.1, 0.15) is 6.29 Å². The number of methoxy groups -OCH3 is 2. The molecule has 1 heterocycles. The van der Waals surface area contributed by atoms with Crippen LogP contribution in [-0.2, 0) is 14.3 Å². The van der Waals surface area contributed by atoms with Crippen LogP contribution in [0.25, 0.3) is 6.08 Å². The Morgan fingerprint density at radius 3 is 2.59 bits per heavy atom. The van der Waals surface area contributed by atoms with E-state index < -0.39 is 6.29 Å². The zero-order valence-electron chi connectivity index (χ0n) is 10.1. The van der Waals surface area contributed by atoms with Crippen LogP contribution in [0.3, 0.4) is 0 Å². The summed E-state index contributed by atoms with van der Waals surface area (Å²) in [6, 6.07) is 1.76. The van der Waals surface area contributed by atoms with Crippen LogP contribution in [0.1, 0.15) is 30.2 Å². The van der Waals surface area contributed by atoms with Crippen molar-refractivity contribution in [3.05, 3.63) is 28.6 Å². The fourth-order valence-electron chi connectivity index (χ4n) is 1.49. The molecule has 0 radical (unpaired) electrons. The number of carbonyl (C=O) groups is 1. The Kier molecular flexibility index (Phi) is 4.81. The van der Waals surface area contributed by atoms with Crippen LogP contribution in [0.4, 0.5) is 0 Å². The highest BCUT2D eigenvalue weighted by atomic mass is 16.7. The fourth-order valence-corrected chi connectivity index (χ4v) is 1.49. The van der Waals surface area contributed by atoms with Crippen LogP contribution >= 0.6 is 0 Å². The first-order chi connectivity index (χ1) is 8.15. The highest BCUT2D eigenvalue weighted by Gasteiger charge is 2.13. The van der Waals surface area contributed by atoms with E-state index in [0.717, 1.165) is 6.29 Å². The van der Waals surface area contributed by atoms with Crippen LogP contribution in [0, 0.1) is 5.41 Å². The summed E-state index contributed by atoms with van der Waals surface area (Å²) in [6.07, 6.45) is 3.15. The van der Waals surface area contributed by atoms with Crippen molar-refractivity contribution in [2.45, 2.75) is 13.2 Å². The molecule has 1 aromatic heterocycles. The third-order valence-electron chi connectivity index (χ3n) is 2.30. The van der Waals surface area contributed by atoms with Crippen molar-refractivity contribution in [1.29, 1.82) is 5.41 Å². The van der Waals surface area contributed by atoms with Crippen molar-refractivity contribution in [2.24, 2.45) is 0 Å². The molecule has 1 rings (SSSR count). The van der Waals surface area contributed by atoms with Crippen molar-refractivity contribution in [3.8, 4) is 0 Å². The molecule has 0 aromatic carbocycles. The Balaban J connectivity index is 3.14. The van der Waals surface area contributed by atoms with Gasteiger partial charge in [-0.25, -0.2) is 0 Å². The third-order valence-corrected chi connectivity index (χ3v) is 2.30. The van der Waals surface area contributed by atoms with E-state index in [1.54, 1.807) is 19.1 Å². The lowest BCUT2D eigenvalue weighted by molar-refractivity contribution is -0.108. The monoisotopic (exact) mass is 236 g/mol. The molecule has 5 nitrogen and oxygen atoms in total. The molecule has 0 amide bonds. The average molecular weight is 236 g/mol. The number of hydrogen-bond donors (Lipinski definition) is 2. The minimum atomic E-state index is -0.507. The minimum Gasteiger partial charge on any atom is -0.354 e. The number of allylic oxidation sites excluding steroid dienone is 1. The average Bonchev–Trinajstić information content (AvgIpc) is 2.73. The first kappa shape index (κ1) is 13.3. The molecule has 92 valence electrons. The van der Waals surface area contributed by atoms with Gasteiger partial charge in [0.05, 0.1) is 5.69 Å². The van der Waals surface area contributed by atoms with Gasteiger partial charge in [-0.05, 0) is 24.6 Å². The summed E-state index contributed by atoms with van der Waals surface area (Å²) in [5, 5.41) is 7.31. The molecule has 0 atom stereocenters. The Labute approximate surface area is 99.9 Å². The highest BCUT2D eigenvalue weighted by Crippen LogP contribution is 2.20. The van der Waals surface area contributed by atoms with Crippen molar-refractivity contribution in [1.82, 2.24) is 4.98 Å². The largest absolute Gasteiger partial charge is 0.354 e. The molecule has 0 fully saturated rings. The summed E-state index contributed by atoms with van der Waals surface area (Å²) in [5.41, 5.74) is 2.66. The summed E-state index contributed by atoms with van der Waals surface area (Å²) in [5.74, 6) is 0. The minimum absolute atomic E-state index is 0.507. The van der Waals surface area contributed by atoms with Gasteiger partial charge in [0.15, 0.2) is 6.29 Å². The first-order valence-corrected chi connectivity index (χ1v) is 5.08. The maximum absolute atomic E-state index is 10.6. The summed E-state index contributed by atoms with van der Waals surface area (Å²) in [4.78, 5) is 13.6. The molecule has 2 N–H and O–H groups in total. The summed E-state index contributed by atoms with van der Waals surface area (Å²) >= 11 is 0. The van der Waals surface area contributed by atoms with Gasteiger partial charge in [0.25, 0.3) is 0 Å². The molecule has 0 aliphatic carbocycles. The smallest absolute Gasteiger partial charge is 0.198 e. The molecule has 0 saturated heterocycles. The summed E-state index contributed by atoms with van der Waals surface area (Å²) in [6.45, 7) is 1.70.